The van der Waals surface area contributed by atoms with Crippen molar-refractivity contribution in [3.05, 3.63) is 41.1 Å². The summed E-state index contributed by atoms with van der Waals surface area (Å²) in [5.41, 5.74) is 7.96. The first-order chi connectivity index (χ1) is 15.5. The molecule has 32 heavy (non-hydrogen) atoms. The van der Waals surface area contributed by atoms with E-state index >= 15 is 0 Å². The van der Waals surface area contributed by atoms with Crippen LogP contribution in [0.1, 0.15) is 48.4 Å². The Hall–Kier alpha value is -2.63. The summed E-state index contributed by atoms with van der Waals surface area (Å²) in [6.45, 7) is 1.83. The molecule has 2 fully saturated rings. The fourth-order valence-electron chi connectivity index (χ4n) is 4.17. The van der Waals surface area contributed by atoms with Gasteiger partial charge in [-0.15, -0.1) is 0 Å². The molecule has 1 unspecified atom stereocenters. The number of carbonyl (C=O) groups excluding carboxylic acids is 1. The largest absolute Gasteiger partial charge is 0.490 e. The van der Waals surface area contributed by atoms with Crippen LogP contribution in [0.25, 0.3) is 0 Å². The Morgan fingerprint density at radius 2 is 1.81 bits per heavy atom. The van der Waals surface area contributed by atoms with Crippen LogP contribution in [0.15, 0.2) is 24.3 Å². The predicted molar refractivity (Wildman–Crippen MR) is 117 cm³/mol. The van der Waals surface area contributed by atoms with Crippen molar-refractivity contribution in [2.45, 2.75) is 44.8 Å². The van der Waals surface area contributed by atoms with E-state index in [4.69, 9.17) is 15.2 Å². The van der Waals surface area contributed by atoms with Crippen molar-refractivity contribution >= 4 is 16.1 Å². The third-order valence-electron chi connectivity index (χ3n) is 5.96. The second-order valence-corrected chi connectivity index (χ2v) is 9.85. The second kappa shape index (κ2) is 9.47. The van der Waals surface area contributed by atoms with Crippen LogP contribution in [-0.4, -0.2) is 59.9 Å². The fraction of sp³-hybridized carbons (Fsp3) is 0.524. The van der Waals surface area contributed by atoms with Gasteiger partial charge in [-0.1, -0.05) is 24.3 Å². The smallest absolute Gasteiger partial charge is 0.306 e. The monoisotopic (exact) mass is 463 g/mol. The van der Waals surface area contributed by atoms with Crippen molar-refractivity contribution in [2.75, 3.05) is 26.7 Å². The Bertz CT molecular complexity index is 1050. The Kier molecular flexibility index (Phi) is 6.68. The minimum absolute atomic E-state index is 0.184. The first-order valence-electron chi connectivity index (χ1n) is 10.8. The zero-order chi connectivity index (χ0) is 22.7. The molecule has 174 valence electrons. The number of benzene rings is 1. The van der Waals surface area contributed by atoms with Gasteiger partial charge in [0.2, 0.25) is 11.7 Å². The first kappa shape index (κ1) is 22.6. The summed E-state index contributed by atoms with van der Waals surface area (Å²) in [4.78, 5) is 13.2. The lowest BCUT2D eigenvalue weighted by molar-refractivity contribution is -0.130. The van der Waals surface area contributed by atoms with Gasteiger partial charge in [0.25, 0.3) is 5.88 Å². The molecule has 0 spiro atoms. The molecule has 2 aliphatic rings. The van der Waals surface area contributed by atoms with E-state index in [1.165, 1.54) is 11.4 Å². The van der Waals surface area contributed by atoms with E-state index in [2.05, 4.69) is 10.2 Å². The summed E-state index contributed by atoms with van der Waals surface area (Å²) >= 11 is 0. The summed E-state index contributed by atoms with van der Waals surface area (Å²) in [6.07, 6.45) is 2.68. The number of H-pyrrole nitrogens is 1. The average molecular weight is 464 g/mol. The molecule has 0 saturated carbocycles. The van der Waals surface area contributed by atoms with Gasteiger partial charge in [0.15, 0.2) is 0 Å². The number of hydrogen-bond donors (Lipinski definition) is 2. The molecule has 2 aromatic rings. The highest BCUT2D eigenvalue weighted by Crippen LogP contribution is 2.39. The predicted octanol–water partition coefficient (Wildman–Crippen LogP) is 1.50. The fourth-order valence-corrected chi connectivity index (χ4v) is 5.89. The number of aromatic amines is 1. The maximum absolute atomic E-state index is 13.2. The van der Waals surface area contributed by atoms with Gasteiger partial charge >= 0.3 is 10.2 Å². The van der Waals surface area contributed by atoms with Gasteiger partial charge in [-0.3, -0.25) is 4.79 Å². The van der Waals surface area contributed by atoms with Crippen LogP contribution in [0.3, 0.4) is 0 Å². The number of nitrogens with one attached hydrogen (secondary N) is 1. The lowest BCUT2D eigenvalue weighted by Crippen LogP contribution is -2.50. The van der Waals surface area contributed by atoms with Crippen molar-refractivity contribution in [3.8, 4) is 11.6 Å². The third kappa shape index (κ3) is 4.32. The lowest BCUT2D eigenvalue weighted by Gasteiger charge is -2.33. The molecule has 3 heterocycles. The molecule has 10 nitrogen and oxygen atoms in total. The molecule has 0 radical (unpaired) electrons. The Balaban J connectivity index is 1.51. The van der Waals surface area contributed by atoms with Crippen LogP contribution >= 0.6 is 0 Å². The van der Waals surface area contributed by atoms with Gasteiger partial charge < -0.3 is 15.2 Å². The SMILES string of the molecule is COc1c(C2CCCN(S(=O)(=O)N3CCCC3)C2=O)n[nH]c1OCc1ccc(CN)cc1. The van der Waals surface area contributed by atoms with E-state index in [9.17, 15) is 13.2 Å². The van der Waals surface area contributed by atoms with E-state index in [1.54, 1.807) is 0 Å². The second-order valence-electron chi connectivity index (χ2n) is 8.00. The van der Waals surface area contributed by atoms with Gasteiger partial charge in [0.05, 0.1) is 13.0 Å². The average Bonchev–Trinajstić information content (AvgIpc) is 3.48. The minimum Gasteiger partial charge on any atom is -0.490 e. The molecule has 0 aliphatic carbocycles. The molecule has 0 bridgehead atoms. The van der Waals surface area contributed by atoms with E-state index in [1.807, 2.05) is 24.3 Å². The normalized spacial score (nSPS) is 20.0. The number of piperidine rings is 1. The number of methoxy groups -OCH3 is 1. The van der Waals surface area contributed by atoms with Gasteiger partial charge in [-0.2, -0.15) is 17.8 Å². The topological polar surface area (TPSA) is 131 Å². The van der Waals surface area contributed by atoms with Gasteiger partial charge in [0, 0.05) is 26.2 Å². The van der Waals surface area contributed by atoms with Gasteiger partial charge in [-0.25, -0.2) is 9.40 Å². The van der Waals surface area contributed by atoms with Crippen molar-refractivity contribution in [3.63, 3.8) is 0 Å². The number of nitrogens with zero attached hydrogens (tertiary/aromatic N) is 3. The van der Waals surface area contributed by atoms with Crippen molar-refractivity contribution in [1.29, 1.82) is 0 Å². The number of rotatable bonds is 8. The Morgan fingerprint density at radius 1 is 1.12 bits per heavy atom. The molecule has 3 N–H and O–H groups in total. The quantitative estimate of drug-likeness (QED) is 0.606. The molecular weight excluding hydrogens is 434 g/mol. The molecule has 2 saturated heterocycles. The van der Waals surface area contributed by atoms with Gasteiger partial charge in [-0.05, 0) is 36.8 Å². The number of aromatic nitrogens is 2. The van der Waals surface area contributed by atoms with Crippen LogP contribution in [0.5, 0.6) is 11.6 Å². The Labute approximate surface area is 187 Å². The molecular formula is C21H29N5O5S. The van der Waals surface area contributed by atoms with Crippen molar-refractivity contribution in [2.24, 2.45) is 5.73 Å². The summed E-state index contributed by atoms with van der Waals surface area (Å²) in [5.74, 6) is -0.564. The van der Waals surface area contributed by atoms with E-state index in [0.717, 1.165) is 28.3 Å². The molecule has 1 aromatic heterocycles. The van der Waals surface area contributed by atoms with Gasteiger partial charge in [0.1, 0.15) is 12.3 Å². The van der Waals surface area contributed by atoms with Crippen molar-refractivity contribution < 1.29 is 22.7 Å². The molecule has 2 aliphatic heterocycles. The maximum Gasteiger partial charge on any atom is 0.306 e. The number of hydrogen-bond acceptors (Lipinski definition) is 7. The van der Waals surface area contributed by atoms with Crippen LogP contribution in [0.2, 0.25) is 0 Å². The minimum atomic E-state index is -3.82. The summed E-state index contributed by atoms with van der Waals surface area (Å²) < 4.78 is 39.7. The van der Waals surface area contributed by atoms with Crippen LogP contribution < -0.4 is 15.2 Å². The standard InChI is InChI=1S/C21H29N5O5S/c1-30-19-18(23-24-20(19)31-14-16-8-6-15(13-22)7-9-16)17-5-4-12-26(21(17)27)32(28,29)25-10-2-3-11-25/h6-9,17H,2-5,10-14,22H2,1H3,(H,23,24). The highest BCUT2D eigenvalue weighted by atomic mass is 32.2. The number of carbonyl (C=O) groups is 1. The summed E-state index contributed by atoms with van der Waals surface area (Å²) in [5, 5.41) is 7.06. The molecule has 1 amide bonds. The zero-order valence-electron chi connectivity index (χ0n) is 18.1. The highest BCUT2D eigenvalue weighted by molar-refractivity contribution is 7.87. The van der Waals surface area contributed by atoms with Crippen LogP contribution in [0, 0.1) is 0 Å². The Morgan fingerprint density at radius 3 is 2.47 bits per heavy atom. The van der Waals surface area contributed by atoms with E-state index in [-0.39, 0.29) is 13.2 Å². The maximum atomic E-state index is 13.2. The lowest BCUT2D eigenvalue weighted by atomic mass is 9.95. The van der Waals surface area contributed by atoms with Crippen LogP contribution in [0.4, 0.5) is 0 Å². The van der Waals surface area contributed by atoms with E-state index < -0.39 is 22.0 Å². The van der Waals surface area contributed by atoms with Crippen LogP contribution in [-0.2, 0) is 28.2 Å². The molecule has 11 heteroatoms. The highest BCUT2D eigenvalue weighted by Gasteiger charge is 2.42. The van der Waals surface area contributed by atoms with Crippen molar-refractivity contribution in [1.82, 2.24) is 18.8 Å². The number of ether oxygens (including phenoxy) is 2. The van der Waals surface area contributed by atoms with E-state index in [0.29, 0.717) is 49.8 Å². The molecule has 4 rings (SSSR count). The summed E-state index contributed by atoms with van der Waals surface area (Å²) in [6, 6.07) is 7.73. The first-order valence-corrected chi connectivity index (χ1v) is 12.2. The third-order valence-corrected chi connectivity index (χ3v) is 7.90. The summed E-state index contributed by atoms with van der Waals surface area (Å²) in [7, 11) is -2.34. The molecule has 1 atom stereocenters. The molecule has 1 aromatic carbocycles. The zero-order valence-corrected chi connectivity index (χ0v) is 18.9. The number of nitrogens with two attached hydrogens (primary N) is 1. The number of amides is 1.